The Morgan fingerprint density at radius 3 is 3.07 bits per heavy atom. The molecule has 1 aliphatic rings. The second-order valence-corrected chi connectivity index (χ2v) is 2.80. The van der Waals surface area contributed by atoms with E-state index in [1.165, 1.54) is 19.2 Å². The normalized spacial score (nSPS) is 15.1. The van der Waals surface area contributed by atoms with Gasteiger partial charge in [0.05, 0.1) is 11.4 Å². The Hall–Kier alpha value is -2.29. The van der Waals surface area contributed by atoms with E-state index in [1.54, 1.807) is 0 Å². The van der Waals surface area contributed by atoms with E-state index in [4.69, 9.17) is 10.7 Å². The van der Waals surface area contributed by atoms with E-state index in [2.05, 4.69) is 16.2 Å². The Balaban J connectivity index is 2.65. The van der Waals surface area contributed by atoms with Gasteiger partial charge in [-0.15, -0.1) is 0 Å². The topological polar surface area (TPSA) is 83.7 Å². The lowest BCUT2D eigenvalue weighted by Crippen LogP contribution is -2.30. The van der Waals surface area contributed by atoms with Crippen molar-refractivity contribution in [1.82, 2.24) is 16.2 Å². The summed E-state index contributed by atoms with van der Waals surface area (Å²) in [5, 5.41) is 18.2. The van der Waals surface area contributed by atoms with Crippen LogP contribution in [0.5, 0.6) is 0 Å². The molecule has 78 valence electrons. The summed E-state index contributed by atoms with van der Waals surface area (Å²) in [7, 11) is 0. The minimum absolute atomic E-state index is 0.158. The number of rotatable bonds is 3. The molecule has 0 radical (unpaired) electrons. The van der Waals surface area contributed by atoms with E-state index in [-0.39, 0.29) is 5.71 Å². The van der Waals surface area contributed by atoms with Crippen molar-refractivity contribution < 1.29 is 4.39 Å². The second kappa shape index (κ2) is 4.81. The smallest absolute Gasteiger partial charge is 0.159 e. The van der Waals surface area contributed by atoms with Crippen molar-refractivity contribution in [2.75, 3.05) is 0 Å². The van der Waals surface area contributed by atoms with Gasteiger partial charge >= 0.3 is 0 Å². The Kier molecular flexibility index (Phi) is 3.46. The molecule has 0 aliphatic carbocycles. The highest BCUT2D eigenvalue weighted by atomic mass is 19.1. The highest BCUT2D eigenvalue weighted by molar-refractivity contribution is 5.93. The fourth-order valence-electron chi connectivity index (χ4n) is 0.823. The van der Waals surface area contributed by atoms with Crippen LogP contribution in [0.3, 0.4) is 0 Å². The fourth-order valence-corrected chi connectivity index (χ4v) is 0.823. The minimum Gasteiger partial charge on any atom is -0.358 e. The van der Waals surface area contributed by atoms with E-state index in [1.807, 2.05) is 6.07 Å². The molecule has 15 heavy (non-hydrogen) atoms. The Morgan fingerprint density at radius 2 is 2.47 bits per heavy atom. The molecule has 0 bridgehead atoms. The predicted octanol–water partition coefficient (Wildman–Crippen LogP) is 0.783. The maximum Gasteiger partial charge on any atom is 0.159 e. The summed E-state index contributed by atoms with van der Waals surface area (Å²) < 4.78 is 12.9. The van der Waals surface area contributed by atoms with Gasteiger partial charge in [-0.25, -0.2) is 4.39 Å². The lowest BCUT2D eigenvalue weighted by atomic mass is 10.3. The van der Waals surface area contributed by atoms with Crippen molar-refractivity contribution in [3.63, 3.8) is 0 Å². The van der Waals surface area contributed by atoms with Crippen LogP contribution in [0.1, 0.15) is 6.92 Å². The number of nitrogens with zero attached hydrogens (tertiary/aromatic N) is 1. The van der Waals surface area contributed by atoms with Gasteiger partial charge < -0.3 is 16.2 Å². The maximum absolute atomic E-state index is 12.9. The molecule has 0 fully saturated rings. The zero-order chi connectivity index (χ0) is 11.3. The number of nitrogens with one attached hydrogen (secondary N) is 4. The molecule has 4 N–H and O–H groups in total. The molecule has 0 amide bonds. The molecule has 1 heterocycles. The summed E-state index contributed by atoms with van der Waals surface area (Å²) in [6.07, 6.45) is 4.11. The van der Waals surface area contributed by atoms with Crippen LogP contribution in [0.25, 0.3) is 0 Å². The van der Waals surface area contributed by atoms with Crippen molar-refractivity contribution in [3.8, 4) is 6.07 Å². The third-order valence-corrected chi connectivity index (χ3v) is 1.58. The number of allylic oxidation sites excluding steroid dienone is 3. The van der Waals surface area contributed by atoms with E-state index < -0.39 is 5.83 Å². The van der Waals surface area contributed by atoms with Crippen LogP contribution in [0.4, 0.5) is 4.39 Å². The third-order valence-electron chi connectivity index (χ3n) is 1.58. The number of halogens is 1. The first-order valence-corrected chi connectivity index (χ1v) is 4.14. The Labute approximate surface area is 86.4 Å². The molecule has 0 aromatic carbocycles. The monoisotopic (exact) mass is 207 g/mol. The summed E-state index contributed by atoms with van der Waals surface area (Å²) in [6, 6.07) is 1.89. The first-order chi connectivity index (χ1) is 7.13. The lowest BCUT2D eigenvalue weighted by Gasteiger charge is -2.12. The molecule has 0 unspecified atom stereocenters. The number of hydrogen-bond donors (Lipinski definition) is 4. The molecule has 0 aromatic rings. The fraction of sp³-hybridized carbons (Fsp3) is 0.111. The van der Waals surface area contributed by atoms with Gasteiger partial charge in [0.2, 0.25) is 0 Å². The van der Waals surface area contributed by atoms with Crippen molar-refractivity contribution >= 4 is 5.71 Å². The molecule has 5 nitrogen and oxygen atoms in total. The standard InChI is InChI=1S/C9H10FN5/c1-6(12)9(10)5-13-8-2-7(3-11)15-14-4-8/h2,4-5,12-15H,1H3/b9-5+,12-6?. The van der Waals surface area contributed by atoms with Gasteiger partial charge in [-0.2, -0.15) is 5.26 Å². The summed E-state index contributed by atoms with van der Waals surface area (Å²) in [4.78, 5) is 0. The zero-order valence-electron chi connectivity index (χ0n) is 8.06. The van der Waals surface area contributed by atoms with Crippen molar-refractivity contribution in [2.45, 2.75) is 6.92 Å². The maximum atomic E-state index is 12.9. The van der Waals surface area contributed by atoms with Gasteiger partial charge in [0.25, 0.3) is 0 Å². The van der Waals surface area contributed by atoms with Crippen LogP contribution in [0.2, 0.25) is 0 Å². The van der Waals surface area contributed by atoms with Gasteiger partial charge in [-0.05, 0) is 13.0 Å². The first-order valence-electron chi connectivity index (χ1n) is 4.14. The molecule has 0 saturated heterocycles. The van der Waals surface area contributed by atoms with Gasteiger partial charge in [0.15, 0.2) is 5.83 Å². The average molecular weight is 207 g/mol. The molecular formula is C9H10FN5. The predicted molar refractivity (Wildman–Crippen MR) is 53.8 cm³/mol. The van der Waals surface area contributed by atoms with E-state index >= 15 is 0 Å². The molecule has 0 spiro atoms. The van der Waals surface area contributed by atoms with Gasteiger partial charge in [-0.1, -0.05) is 0 Å². The number of hydrogen-bond acceptors (Lipinski definition) is 5. The van der Waals surface area contributed by atoms with Crippen molar-refractivity contribution in [1.29, 1.82) is 10.7 Å². The van der Waals surface area contributed by atoms with Crippen LogP contribution in [-0.2, 0) is 0 Å². The molecule has 1 rings (SSSR count). The van der Waals surface area contributed by atoms with Crippen LogP contribution in [0.15, 0.2) is 35.7 Å². The van der Waals surface area contributed by atoms with E-state index in [0.29, 0.717) is 11.4 Å². The molecule has 1 aliphatic heterocycles. The molecule has 0 atom stereocenters. The SMILES string of the molecule is CC(=N)/C(F)=C\NC1=CNNC(C#N)=C1. The minimum atomic E-state index is -0.652. The molecule has 6 heteroatoms. The number of hydrazine groups is 1. The van der Waals surface area contributed by atoms with Gasteiger partial charge in [-0.3, -0.25) is 5.43 Å². The molecule has 0 saturated carbocycles. The first kappa shape index (κ1) is 10.8. The largest absolute Gasteiger partial charge is 0.358 e. The lowest BCUT2D eigenvalue weighted by molar-refractivity contribution is 0.667. The summed E-state index contributed by atoms with van der Waals surface area (Å²) in [6.45, 7) is 1.35. The van der Waals surface area contributed by atoms with Gasteiger partial charge in [0, 0.05) is 12.4 Å². The Morgan fingerprint density at radius 1 is 1.73 bits per heavy atom. The molecular weight excluding hydrogens is 197 g/mol. The third kappa shape index (κ3) is 3.15. The Bertz CT molecular complexity index is 399. The highest BCUT2D eigenvalue weighted by Gasteiger charge is 2.02. The highest BCUT2D eigenvalue weighted by Crippen LogP contribution is 2.02. The van der Waals surface area contributed by atoms with Crippen LogP contribution in [-0.4, -0.2) is 5.71 Å². The summed E-state index contributed by atoms with van der Waals surface area (Å²) in [5.74, 6) is -0.652. The van der Waals surface area contributed by atoms with E-state index in [0.717, 1.165) is 6.20 Å². The summed E-state index contributed by atoms with van der Waals surface area (Å²) in [5.41, 5.74) is 5.90. The molecule has 0 aromatic heterocycles. The van der Waals surface area contributed by atoms with Crippen LogP contribution < -0.4 is 16.2 Å². The van der Waals surface area contributed by atoms with Crippen molar-refractivity contribution in [2.24, 2.45) is 0 Å². The summed E-state index contributed by atoms with van der Waals surface area (Å²) >= 11 is 0. The second-order valence-electron chi connectivity index (χ2n) is 2.80. The van der Waals surface area contributed by atoms with Crippen molar-refractivity contribution in [3.05, 3.63) is 35.7 Å². The number of nitriles is 1. The zero-order valence-corrected chi connectivity index (χ0v) is 8.06. The van der Waals surface area contributed by atoms with Crippen LogP contribution in [0, 0.1) is 16.7 Å². The van der Waals surface area contributed by atoms with Crippen LogP contribution >= 0.6 is 0 Å². The quantitative estimate of drug-likeness (QED) is 0.515. The van der Waals surface area contributed by atoms with E-state index in [9.17, 15) is 4.39 Å². The average Bonchev–Trinajstić information content (AvgIpc) is 2.26. The van der Waals surface area contributed by atoms with Gasteiger partial charge in [0.1, 0.15) is 11.8 Å².